The lowest BCUT2D eigenvalue weighted by Crippen LogP contribution is -2.50. The van der Waals surface area contributed by atoms with Crippen LogP contribution >= 0.6 is 10.8 Å². The second-order valence-electron chi connectivity index (χ2n) is 7.83. The predicted octanol–water partition coefficient (Wildman–Crippen LogP) is 5.56. The lowest BCUT2D eigenvalue weighted by molar-refractivity contribution is -0.135. The van der Waals surface area contributed by atoms with Crippen molar-refractivity contribution < 1.29 is 23.4 Å². The standard InChI is InChI=1S/C18H30N2O5SSi/c1-11(2)27(12(3)4,13(5)6)25-14-7-8-15-16(9-14)26(23,24)20-17(19-15)10-18(21)22/h7-9,11-13,23-24H,10H2,1-6H3,(H,19,20)(H,21,22). The molecule has 0 radical (unpaired) electrons. The van der Waals surface area contributed by atoms with Crippen molar-refractivity contribution in [2.24, 2.45) is 4.40 Å². The average molecular weight is 415 g/mol. The third-order valence-corrected chi connectivity index (χ3v) is 12.5. The molecule has 7 nitrogen and oxygen atoms in total. The van der Waals surface area contributed by atoms with Gasteiger partial charge in [-0.05, 0) is 28.8 Å². The average Bonchev–Trinajstić information content (AvgIpc) is 2.50. The number of rotatable bonds is 7. The summed E-state index contributed by atoms with van der Waals surface area (Å²) in [4.78, 5) is 11.1. The second kappa shape index (κ2) is 7.82. The molecule has 0 atom stereocenters. The highest BCUT2D eigenvalue weighted by molar-refractivity contribution is 8.23. The second-order valence-corrected chi connectivity index (χ2v) is 14.9. The smallest absolute Gasteiger partial charge is 0.311 e. The molecule has 0 fully saturated rings. The van der Waals surface area contributed by atoms with Gasteiger partial charge in [-0.3, -0.25) is 13.9 Å². The van der Waals surface area contributed by atoms with Crippen LogP contribution in [0.2, 0.25) is 16.6 Å². The Morgan fingerprint density at radius 3 is 2.19 bits per heavy atom. The van der Waals surface area contributed by atoms with E-state index in [0.29, 0.717) is 28.1 Å². The molecule has 1 aromatic rings. The number of nitrogens with one attached hydrogen (secondary N) is 1. The summed E-state index contributed by atoms with van der Waals surface area (Å²) in [5.41, 5.74) is 1.59. The van der Waals surface area contributed by atoms with Crippen molar-refractivity contribution in [1.29, 1.82) is 0 Å². The first-order valence-corrected chi connectivity index (χ1v) is 12.7. The Morgan fingerprint density at radius 2 is 1.70 bits per heavy atom. The van der Waals surface area contributed by atoms with Crippen LogP contribution in [0.15, 0.2) is 27.5 Å². The van der Waals surface area contributed by atoms with Crippen LogP contribution in [-0.2, 0) is 4.79 Å². The van der Waals surface area contributed by atoms with Gasteiger partial charge in [-0.1, -0.05) is 52.3 Å². The normalized spacial score (nSPS) is 17.4. The monoisotopic (exact) mass is 414 g/mol. The fourth-order valence-electron chi connectivity index (χ4n) is 4.05. The first kappa shape index (κ1) is 21.7. The highest BCUT2D eigenvalue weighted by atomic mass is 32.3. The van der Waals surface area contributed by atoms with Gasteiger partial charge in [0, 0.05) is 6.07 Å². The van der Waals surface area contributed by atoms with E-state index >= 15 is 0 Å². The predicted molar refractivity (Wildman–Crippen MR) is 113 cm³/mol. The van der Waals surface area contributed by atoms with Crippen LogP contribution < -0.4 is 9.74 Å². The summed E-state index contributed by atoms with van der Waals surface area (Å²) in [5, 5.41) is 11.8. The Bertz CT molecular complexity index is 727. The van der Waals surface area contributed by atoms with Crippen molar-refractivity contribution in [1.82, 2.24) is 0 Å². The number of nitrogens with zero attached hydrogens (tertiary/aromatic N) is 1. The van der Waals surface area contributed by atoms with Gasteiger partial charge in [0.05, 0.1) is 5.69 Å². The molecule has 1 aromatic carbocycles. The van der Waals surface area contributed by atoms with Crippen LogP contribution in [0.3, 0.4) is 0 Å². The van der Waals surface area contributed by atoms with Crippen LogP contribution in [0, 0.1) is 0 Å². The maximum absolute atomic E-state index is 10.9. The van der Waals surface area contributed by atoms with E-state index in [2.05, 4.69) is 51.3 Å². The highest BCUT2D eigenvalue weighted by Gasteiger charge is 2.47. The van der Waals surface area contributed by atoms with E-state index in [4.69, 9.17) is 9.53 Å². The van der Waals surface area contributed by atoms with E-state index in [0.717, 1.165) is 0 Å². The van der Waals surface area contributed by atoms with Gasteiger partial charge in [0.1, 0.15) is 22.9 Å². The zero-order chi connectivity index (χ0) is 20.6. The molecule has 1 aliphatic heterocycles. The minimum atomic E-state index is -3.48. The number of anilines is 1. The van der Waals surface area contributed by atoms with Crippen molar-refractivity contribution in [3.63, 3.8) is 0 Å². The lowest BCUT2D eigenvalue weighted by Gasteiger charge is -2.42. The third kappa shape index (κ3) is 4.31. The zero-order valence-electron chi connectivity index (χ0n) is 16.7. The summed E-state index contributed by atoms with van der Waals surface area (Å²) >= 11 is 0. The molecule has 0 spiro atoms. The Balaban J connectivity index is 2.42. The van der Waals surface area contributed by atoms with Gasteiger partial charge < -0.3 is 14.8 Å². The number of carboxylic acid groups (broad SMARTS) is 1. The van der Waals surface area contributed by atoms with Crippen molar-refractivity contribution in [2.45, 2.75) is 69.5 Å². The topological polar surface area (TPSA) is 111 Å². The van der Waals surface area contributed by atoms with Crippen LogP contribution in [0.25, 0.3) is 0 Å². The van der Waals surface area contributed by atoms with Gasteiger partial charge in [0.25, 0.3) is 8.32 Å². The van der Waals surface area contributed by atoms with Crippen LogP contribution in [0.4, 0.5) is 5.69 Å². The molecular weight excluding hydrogens is 384 g/mol. The molecule has 9 heteroatoms. The molecular formula is C18H30N2O5SSi. The van der Waals surface area contributed by atoms with Crippen molar-refractivity contribution in [3.05, 3.63) is 18.2 Å². The molecule has 0 aromatic heterocycles. The summed E-state index contributed by atoms with van der Waals surface area (Å²) in [7, 11) is -5.66. The molecule has 0 unspecified atom stereocenters. The first-order chi connectivity index (χ1) is 12.4. The largest absolute Gasteiger partial charge is 0.543 e. The quantitative estimate of drug-likeness (QED) is 0.434. The molecule has 0 bridgehead atoms. The van der Waals surface area contributed by atoms with E-state index in [1.807, 2.05) is 0 Å². The number of benzene rings is 1. The number of fused-ring (bicyclic) bond motifs is 1. The summed E-state index contributed by atoms with van der Waals surface area (Å²) in [5.74, 6) is -0.476. The summed E-state index contributed by atoms with van der Waals surface area (Å²) in [6.07, 6.45) is -0.405. The molecule has 1 heterocycles. The Morgan fingerprint density at radius 1 is 1.15 bits per heavy atom. The molecule has 2 rings (SSSR count). The Labute approximate surface area is 163 Å². The van der Waals surface area contributed by atoms with E-state index in [9.17, 15) is 13.9 Å². The number of aliphatic carboxylic acids is 1. The number of carboxylic acids is 1. The van der Waals surface area contributed by atoms with Gasteiger partial charge >= 0.3 is 5.97 Å². The third-order valence-electron chi connectivity index (χ3n) is 5.08. The van der Waals surface area contributed by atoms with E-state index < -0.39 is 31.5 Å². The summed E-state index contributed by atoms with van der Waals surface area (Å²) in [6.45, 7) is 13.1. The fraction of sp³-hybridized carbons (Fsp3) is 0.556. The van der Waals surface area contributed by atoms with Gasteiger partial charge in [-0.15, -0.1) is 4.40 Å². The van der Waals surface area contributed by atoms with Crippen molar-refractivity contribution in [2.75, 3.05) is 5.32 Å². The number of hydrogen-bond donors (Lipinski definition) is 4. The van der Waals surface area contributed by atoms with Crippen LogP contribution in [0.5, 0.6) is 5.75 Å². The fourth-order valence-corrected chi connectivity index (χ4v) is 10.5. The van der Waals surface area contributed by atoms with E-state index in [-0.39, 0.29) is 10.7 Å². The van der Waals surface area contributed by atoms with E-state index in [1.165, 1.54) is 0 Å². The SMILES string of the molecule is CC(C)[Si](Oc1ccc2c(c1)S(O)(O)N=C(CC(=O)O)N2)(C(C)C)C(C)C. The molecule has 0 aliphatic carbocycles. The molecule has 0 saturated heterocycles. The van der Waals surface area contributed by atoms with E-state index in [1.54, 1.807) is 18.2 Å². The number of carbonyl (C=O) groups is 1. The number of amidine groups is 1. The molecule has 27 heavy (non-hydrogen) atoms. The van der Waals surface area contributed by atoms with Crippen molar-refractivity contribution >= 4 is 36.6 Å². The van der Waals surface area contributed by atoms with Gasteiger partial charge in [0.2, 0.25) is 0 Å². The molecule has 0 amide bonds. The lowest BCUT2D eigenvalue weighted by atomic mass is 10.3. The maximum atomic E-state index is 10.9. The first-order valence-electron chi connectivity index (χ1n) is 9.09. The van der Waals surface area contributed by atoms with Gasteiger partial charge in [-0.25, -0.2) is 0 Å². The highest BCUT2D eigenvalue weighted by Crippen LogP contribution is 2.56. The van der Waals surface area contributed by atoms with Gasteiger partial charge in [0.15, 0.2) is 0 Å². The Kier molecular flexibility index (Phi) is 6.30. The molecule has 152 valence electrons. The maximum Gasteiger partial charge on any atom is 0.311 e. The van der Waals surface area contributed by atoms with Gasteiger partial charge in [-0.2, -0.15) is 0 Å². The van der Waals surface area contributed by atoms with Crippen molar-refractivity contribution in [3.8, 4) is 5.75 Å². The summed E-state index contributed by atoms with van der Waals surface area (Å²) < 4.78 is 31.3. The minimum absolute atomic E-state index is 0.0268. The van der Waals surface area contributed by atoms with Crippen LogP contribution in [0.1, 0.15) is 48.0 Å². The zero-order valence-corrected chi connectivity index (χ0v) is 18.5. The molecule has 4 N–H and O–H groups in total. The molecule has 0 saturated carbocycles. The summed E-state index contributed by atoms with van der Waals surface area (Å²) in [6, 6.07) is 5.10. The van der Waals surface area contributed by atoms with Crippen LogP contribution in [-0.4, -0.2) is 34.3 Å². The minimum Gasteiger partial charge on any atom is -0.543 e. The number of hydrogen-bond acceptors (Lipinski definition) is 6. The Hall–Kier alpha value is -1.55. The molecule has 1 aliphatic rings.